The molecule has 1 N–H and O–H groups in total. The van der Waals surface area contributed by atoms with Gasteiger partial charge in [-0.2, -0.15) is 0 Å². The maximum absolute atomic E-state index is 14.0. The third kappa shape index (κ3) is 3.84. The van der Waals surface area contributed by atoms with Crippen LogP contribution in [0.5, 0.6) is 0 Å². The van der Waals surface area contributed by atoms with Gasteiger partial charge in [0.25, 0.3) is 0 Å². The number of aldehydes is 1. The minimum absolute atomic E-state index is 0.186. The number of methoxy groups -OCH3 is 1. The van der Waals surface area contributed by atoms with Gasteiger partial charge in [0.2, 0.25) is 5.91 Å². The minimum atomic E-state index is -0.878. The number of anilines is 1. The zero-order valence-corrected chi connectivity index (χ0v) is 12.7. The van der Waals surface area contributed by atoms with Gasteiger partial charge in [-0.3, -0.25) is 9.59 Å². The molecule has 0 saturated carbocycles. The van der Waals surface area contributed by atoms with E-state index in [1.54, 1.807) is 4.90 Å². The number of halogens is 1. The van der Waals surface area contributed by atoms with E-state index >= 15 is 0 Å². The van der Waals surface area contributed by atoms with Gasteiger partial charge >= 0.3 is 5.97 Å². The first-order valence-corrected chi connectivity index (χ1v) is 6.96. The van der Waals surface area contributed by atoms with Crippen LogP contribution < -0.4 is 10.2 Å². The van der Waals surface area contributed by atoms with Gasteiger partial charge in [0, 0.05) is 25.7 Å². The lowest BCUT2D eigenvalue weighted by Gasteiger charge is -2.21. The molecule has 1 aliphatic heterocycles. The highest BCUT2D eigenvalue weighted by molar-refractivity contribution is 5.90. The van der Waals surface area contributed by atoms with Crippen LogP contribution in [0.1, 0.15) is 17.3 Å². The van der Waals surface area contributed by atoms with Crippen molar-refractivity contribution in [3.63, 3.8) is 0 Å². The fraction of sp³-hybridized carbons (Fsp3) is 0.400. The number of carbonyl (C=O) groups is 3. The molecule has 2 atom stereocenters. The van der Waals surface area contributed by atoms with Crippen molar-refractivity contribution >= 4 is 23.9 Å². The first-order chi connectivity index (χ1) is 11.0. The highest BCUT2D eigenvalue weighted by atomic mass is 19.1. The zero-order valence-electron chi connectivity index (χ0n) is 12.7. The van der Waals surface area contributed by atoms with Gasteiger partial charge in [-0.15, -0.1) is 0 Å². The highest BCUT2D eigenvalue weighted by Crippen LogP contribution is 2.26. The lowest BCUT2D eigenvalue weighted by molar-refractivity contribution is -0.120. The predicted molar refractivity (Wildman–Crippen MR) is 78.5 cm³/mol. The molecule has 1 unspecified atom stereocenters. The smallest absolute Gasteiger partial charge is 0.340 e. The number of nitrogens with zero attached hydrogens (tertiary/aromatic N) is 1. The molecule has 0 spiro atoms. The summed E-state index contributed by atoms with van der Waals surface area (Å²) >= 11 is 0. The molecule has 1 fully saturated rings. The molecule has 2 rings (SSSR count). The minimum Gasteiger partial charge on any atom is -0.465 e. The van der Waals surface area contributed by atoms with Gasteiger partial charge in [-0.1, -0.05) is 0 Å². The monoisotopic (exact) mass is 324 g/mol. The van der Waals surface area contributed by atoms with Crippen LogP contribution in [0.25, 0.3) is 0 Å². The summed E-state index contributed by atoms with van der Waals surface area (Å²) in [6.45, 7) is 1.93. The van der Waals surface area contributed by atoms with Crippen LogP contribution in [0.15, 0.2) is 18.2 Å². The average Bonchev–Trinajstić information content (AvgIpc) is 2.95. The molecular formula is C15H17FN2O5. The van der Waals surface area contributed by atoms with Crippen molar-refractivity contribution in [1.82, 2.24) is 5.32 Å². The van der Waals surface area contributed by atoms with Crippen LogP contribution in [-0.2, 0) is 19.1 Å². The average molecular weight is 324 g/mol. The number of amides is 1. The normalized spacial score (nSPS) is 20.2. The van der Waals surface area contributed by atoms with Crippen molar-refractivity contribution in [3.8, 4) is 0 Å². The summed E-state index contributed by atoms with van der Waals surface area (Å²) in [6, 6.07) is 3.95. The number of ether oxygens (including phenoxy) is 2. The van der Waals surface area contributed by atoms with E-state index in [1.807, 2.05) is 0 Å². The molecule has 8 heteroatoms. The van der Waals surface area contributed by atoms with E-state index in [9.17, 15) is 18.8 Å². The van der Waals surface area contributed by atoms with Crippen molar-refractivity contribution in [2.45, 2.75) is 19.3 Å². The number of esters is 1. The molecule has 1 aliphatic rings. The number of hydrogen-bond donors (Lipinski definition) is 1. The number of benzene rings is 1. The summed E-state index contributed by atoms with van der Waals surface area (Å²) in [5.41, 5.74) is 0.214. The maximum Gasteiger partial charge on any atom is 0.340 e. The van der Waals surface area contributed by atoms with Gasteiger partial charge in [0.15, 0.2) is 12.5 Å². The summed E-state index contributed by atoms with van der Waals surface area (Å²) in [4.78, 5) is 35.0. The SMILES string of the molecule is COC(=O)c1ccc(N2C[C@H](CNC(C)=O)OC2C=O)cc1F. The molecule has 7 nitrogen and oxygen atoms in total. The van der Waals surface area contributed by atoms with Crippen molar-refractivity contribution in [2.75, 3.05) is 25.1 Å². The lowest BCUT2D eigenvalue weighted by Crippen LogP contribution is -2.33. The Morgan fingerprint density at radius 2 is 2.26 bits per heavy atom. The van der Waals surface area contributed by atoms with Crippen LogP contribution in [-0.4, -0.2) is 50.7 Å². The zero-order chi connectivity index (χ0) is 17.0. The topological polar surface area (TPSA) is 84.9 Å². The fourth-order valence-electron chi connectivity index (χ4n) is 2.32. The van der Waals surface area contributed by atoms with Crippen LogP contribution in [0.3, 0.4) is 0 Å². The number of rotatable bonds is 5. The first kappa shape index (κ1) is 16.9. The molecule has 1 amide bonds. The predicted octanol–water partition coefficient (Wildman–Crippen LogP) is 0.479. The molecule has 1 aromatic rings. The van der Waals surface area contributed by atoms with Gasteiger partial charge in [-0.25, -0.2) is 9.18 Å². The van der Waals surface area contributed by atoms with Gasteiger partial charge in [0.1, 0.15) is 5.82 Å². The molecule has 0 bridgehead atoms. The van der Waals surface area contributed by atoms with Crippen molar-refractivity contribution in [2.24, 2.45) is 0 Å². The Bertz CT molecular complexity index is 622. The first-order valence-electron chi connectivity index (χ1n) is 6.96. The molecule has 124 valence electrons. The molecule has 1 heterocycles. The standard InChI is InChI=1S/C15H17FN2O5/c1-9(20)17-6-11-7-18(14(8-19)23-11)10-3-4-12(13(16)5-10)15(21)22-2/h3-5,8,11,14H,6-7H2,1-2H3,(H,17,20)/t11-,14?/m0/s1. The quantitative estimate of drug-likeness (QED) is 0.626. The summed E-state index contributed by atoms with van der Waals surface area (Å²) in [6.07, 6.45) is -0.672. The maximum atomic E-state index is 14.0. The van der Waals surface area contributed by atoms with Crippen LogP contribution in [0.2, 0.25) is 0 Å². The largest absolute Gasteiger partial charge is 0.465 e. The van der Waals surface area contributed by atoms with Gasteiger partial charge in [0.05, 0.1) is 18.8 Å². The second kappa shape index (κ2) is 7.19. The Labute approximate surface area is 132 Å². The molecule has 0 radical (unpaired) electrons. The molecule has 1 saturated heterocycles. The summed E-state index contributed by atoms with van der Waals surface area (Å²) in [5.74, 6) is -1.73. The van der Waals surface area contributed by atoms with Crippen molar-refractivity contribution in [1.29, 1.82) is 0 Å². The van der Waals surface area contributed by atoms with E-state index in [-0.39, 0.29) is 18.0 Å². The Morgan fingerprint density at radius 3 is 2.83 bits per heavy atom. The Hall–Kier alpha value is -2.48. The van der Waals surface area contributed by atoms with Crippen molar-refractivity contribution in [3.05, 3.63) is 29.6 Å². The molecule has 1 aromatic carbocycles. The van der Waals surface area contributed by atoms with Crippen LogP contribution in [0, 0.1) is 5.82 Å². The van der Waals surface area contributed by atoms with Gasteiger partial charge < -0.3 is 19.7 Å². The third-order valence-electron chi connectivity index (χ3n) is 3.42. The molecule has 23 heavy (non-hydrogen) atoms. The second-order valence-corrected chi connectivity index (χ2v) is 5.03. The van der Waals surface area contributed by atoms with E-state index in [1.165, 1.54) is 26.2 Å². The van der Waals surface area contributed by atoms with Crippen LogP contribution >= 0.6 is 0 Å². The Kier molecular flexibility index (Phi) is 5.28. The lowest BCUT2D eigenvalue weighted by atomic mass is 10.1. The molecule has 0 aliphatic carbocycles. The van der Waals surface area contributed by atoms with Crippen molar-refractivity contribution < 1.29 is 28.2 Å². The Balaban J connectivity index is 2.16. The third-order valence-corrected chi connectivity index (χ3v) is 3.42. The number of nitrogens with one attached hydrogen (secondary N) is 1. The number of carbonyl (C=O) groups excluding carboxylic acids is 3. The Morgan fingerprint density at radius 1 is 1.52 bits per heavy atom. The molecule has 0 aromatic heterocycles. The second-order valence-electron chi connectivity index (χ2n) is 5.03. The van der Waals surface area contributed by atoms with E-state index in [0.717, 1.165) is 6.07 Å². The van der Waals surface area contributed by atoms with E-state index < -0.39 is 24.1 Å². The van der Waals surface area contributed by atoms with E-state index in [4.69, 9.17) is 4.74 Å². The number of hydrogen-bond acceptors (Lipinski definition) is 6. The van der Waals surface area contributed by atoms with E-state index in [2.05, 4.69) is 10.1 Å². The summed E-state index contributed by atoms with van der Waals surface area (Å²) in [7, 11) is 1.17. The fourth-order valence-corrected chi connectivity index (χ4v) is 2.32. The van der Waals surface area contributed by atoms with E-state index in [0.29, 0.717) is 18.5 Å². The summed E-state index contributed by atoms with van der Waals surface area (Å²) in [5, 5.41) is 2.61. The highest BCUT2D eigenvalue weighted by Gasteiger charge is 2.33. The molecular weight excluding hydrogens is 307 g/mol. The van der Waals surface area contributed by atoms with Gasteiger partial charge in [-0.05, 0) is 18.2 Å². The summed E-state index contributed by atoms with van der Waals surface area (Å²) < 4.78 is 24.0. The van der Waals surface area contributed by atoms with Crippen LogP contribution in [0.4, 0.5) is 10.1 Å².